The quantitative estimate of drug-likeness (QED) is 0.177. The molecule has 0 radical (unpaired) electrons. The van der Waals surface area contributed by atoms with E-state index in [-0.39, 0.29) is 4.90 Å². The zero-order valence-corrected chi connectivity index (χ0v) is 32.8. The Morgan fingerprint density at radius 2 is 0.950 bits per heavy atom. The molecule has 0 N–H and O–H groups in total. The minimum Gasteiger partial charge on any atom is -0.309 e. The van der Waals surface area contributed by atoms with Crippen LogP contribution in [0.15, 0.2) is 210 Å². The summed E-state index contributed by atoms with van der Waals surface area (Å²) in [6, 6.07) is 66.4. The number of nitrogens with zero attached hydrogens (tertiary/aromatic N) is 5. The molecule has 10 aromatic rings. The van der Waals surface area contributed by atoms with Crippen LogP contribution in [0.25, 0.3) is 50.3 Å². The molecule has 8 heteroatoms. The molecule has 284 valence electrons. The molecule has 2 aromatic heterocycles. The number of fused-ring (bicyclic) bond motifs is 12. The summed E-state index contributed by atoms with van der Waals surface area (Å²) in [4.78, 5) is 18.1. The second-order valence-electron chi connectivity index (χ2n) is 15.2. The summed E-state index contributed by atoms with van der Waals surface area (Å²) in [7, 11) is -4.07. The average Bonchev–Trinajstić information content (AvgIpc) is 3.65. The van der Waals surface area contributed by atoms with Gasteiger partial charge >= 0.3 is 0 Å². The van der Waals surface area contributed by atoms with Gasteiger partial charge in [0.2, 0.25) is 15.8 Å². The SMILES string of the molecule is O=S1(=O)c2ccccc2C2(c3ccccc3N(c3nc(-c4ccccc4)nc(-c4ccccc4)n3)c3ccccc32)c2ccc3c(c21)c1ccccc1n3-c1ccccc1. The monoisotopic (exact) mass is 791 g/mol. The molecule has 8 aromatic carbocycles. The molecule has 0 saturated heterocycles. The maximum absolute atomic E-state index is 15.5. The Morgan fingerprint density at radius 1 is 0.433 bits per heavy atom. The maximum Gasteiger partial charge on any atom is 0.238 e. The van der Waals surface area contributed by atoms with Gasteiger partial charge in [0.05, 0.1) is 37.6 Å². The molecule has 0 aliphatic carbocycles. The Bertz CT molecular complexity index is 3350. The lowest BCUT2D eigenvalue weighted by Crippen LogP contribution is -2.42. The van der Waals surface area contributed by atoms with Crippen LogP contribution < -0.4 is 4.90 Å². The van der Waals surface area contributed by atoms with Crippen LogP contribution in [0.5, 0.6) is 0 Å². The number of para-hydroxylation sites is 4. The zero-order valence-electron chi connectivity index (χ0n) is 32.0. The first-order valence-corrected chi connectivity index (χ1v) is 21.4. The Kier molecular flexibility index (Phi) is 7.40. The highest BCUT2D eigenvalue weighted by molar-refractivity contribution is 7.92. The lowest BCUT2D eigenvalue weighted by Gasteiger charge is -2.48. The topological polar surface area (TPSA) is 81.0 Å². The van der Waals surface area contributed by atoms with Gasteiger partial charge in [-0.3, -0.25) is 4.90 Å². The normalized spacial score (nSPS) is 14.4. The van der Waals surface area contributed by atoms with Crippen molar-refractivity contribution < 1.29 is 8.42 Å². The molecule has 2 aliphatic rings. The first-order chi connectivity index (χ1) is 29.5. The van der Waals surface area contributed by atoms with E-state index in [9.17, 15) is 0 Å². The fourth-order valence-electron chi connectivity index (χ4n) is 9.66. The van der Waals surface area contributed by atoms with Crippen LogP contribution in [0.1, 0.15) is 22.3 Å². The number of aromatic nitrogens is 4. The van der Waals surface area contributed by atoms with Crippen molar-refractivity contribution in [1.82, 2.24) is 19.5 Å². The molecule has 12 rings (SSSR count). The number of hydrogen-bond donors (Lipinski definition) is 0. The predicted molar refractivity (Wildman–Crippen MR) is 237 cm³/mol. The minimum atomic E-state index is -4.07. The van der Waals surface area contributed by atoms with Gasteiger partial charge < -0.3 is 4.57 Å². The third-order valence-electron chi connectivity index (χ3n) is 12.0. The minimum absolute atomic E-state index is 0.289. The van der Waals surface area contributed by atoms with Crippen LogP contribution in [-0.2, 0) is 15.3 Å². The van der Waals surface area contributed by atoms with Gasteiger partial charge in [0, 0.05) is 27.6 Å². The van der Waals surface area contributed by atoms with Gasteiger partial charge in [0.15, 0.2) is 11.6 Å². The summed E-state index contributed by atoms with van der Waals surface area (Å²) in [5.74, 6) is 1.55. The molecule has 0 atom stereocenters. The molecule has 7 nitrogen and oxygen atoms in total. The van der Waals surface area contributed by atoms with Crippen LogP contribution in [0.2, 0.25) is 0 Å². The van der Waals surface area contributed by atoms with Gasteiger partial charge in [-0.2, -0.15) is 9.97 Å². The van der Waals surface area contributed by atoms with Gasteiger partial charge in [-0.1, -0.05) is 158 Å². The van der Waals surface area contributed by atoms with Crippen molar-refractivity contribution in [3.63, 3.8) is 0 Å². The number of hydrogen-bond acceptors (Lipinski definition) is 6. The molecule has 0 saturated carbocycles. The standard InChI is InChI=1S/C52H33N5O2S/c58-60(59)46-31-17-13-27-40(46)52(41-32-33-45-47(48(41)60)37-24-10-14-28-42(37)56(45)36-22-8-3-9-23-36)38-25-11-15-29-43(38)57(44-30-16-12-26-39(44)52)51-54-49(34-18-4-1-5-19-34)53-50(55-51)35-20-6-2-7-21-35/h1-33H. The van der Waals surface area contributed by atoms with Crippen LogP contribution in [0.4, 0.5) is 17.3 Å². The van der Waals surface area contributed by atoms with E-state index in [0.717, 1.165) is 55.7 Å². The van der Waals surface area contributed by atoms with E-state index < -0.39 is 15.3 Å². The van der Waals surface area contributed by atoms with Gasteiger partial charge in [-0.15, -0.1) is 0 Å². The summed E-state index contributed by atoms with van der Waals surface area (Å²) in [5, 5.41) is 1.58. The first kappa shape index (κ1) is 34.4. The van der Waals surface area contributed by atoms with Gasteiger partial charge in [0.1, 0.15) is 0 Å². The molecule has 1 spiro atoms. The summed E-state index contributed by atoms with van der Waals surface area (Å²) in [5.41, 5.74) is 8.32. The van der Waals surface area contributed by atoms with Gasteiger partial charge in [-0.05, 0) is 64.7 Å². The van der Waals surface area contributed by atoms with E-state index in [0.29, 0.717) is 39.0 Å². The Labute approximate surface area is 346 Å². The second kappa shape index (κ2) is 12.9. The highest BCUT2D eigenvalue weighted by atomic mass is 32.2. The van der Waals surface area contributed by atoms with E-state index in [1.165, 1.54) is 0 Å². The van der Waals surface area contributed by atoms with Crippen LogP contribution in [-0.4, -0.2) is 27.9 Å². The van der Waals surface area contributed by atoms with E-state index in [1.807, 2.05) is 140 Å². The van der Waals surface area contributed by atoms with Crippen molar-refractivity contribution in [1.29, 1.82) is 0 Å². The van der Waals surface area contributed by atoms with Crippen molar-refractivity contribution in [2.45, 2.75) is 15.2 Å². The lowest BCUT2D eigenvalue weighted by atomic mass is 9.62. The van der Waals surface area contributed by atoms with Crippen molar-refractivity contribution >= 4 is 49.0 Å². The molecule has 0 bridgehead atoms. The Morgan fingerprint density at radius 3 is 1.58 bits per heavy atom. The molecular weight excluding hydrogens is 759 g/mol. The number of rotatable bonds is 4. The molecular formula is C52H33N5O2S. The average molecular weight is 792 g/mol. The highest BCUT2D eigenvalue weighted by Crippen LogP contribution is 2.62. The van der Waals surface area contributed by atoms with Gasteiger partial charge in [-0.25, -0.2) is 13.4 Å². The van der Waals surface area contributed by atoms with Crippen molar-refractivity contribution in [3.05, 3.63) is 222 Å². The summed E-state index contributed by atoms with van der Waals surface area (Å²) >= 11 is 0. The summed E-state index contributed by atoms with van der Waals surface area (Å²) < 4.78 is 33.2. The smallest absolute Gasteiger partial charge is 0.238 e. The van der Waals surface area contributed by atoms with E-state index in [2.05, 4.69) is 64.1 Å². The predicted octanol–water partition coefficient (Wildman–Crippen LogP) is 11.6. The molecule has 4 heterocycles. The maximum atomic E-state index is 15.5. The first-order valence-electron chi connectivity index (χ1n) is 19.9. The summed E-state index contributed by atoms with van der Waals surface area (Å²) in [6.07, 6.45) is 0. The van der Waals surface area contributed by atoms with Crippen molar-refractivity contribution in [2.24, 2.45) is 0 Å². The van der Waals surface area contributed by atoms with E-state index in [4.69, 9.17) is 15.0 Å². The lowest BCUT2D eigenvalue weighted by molar-refractivity contribution is 0.579. The highest BCUT2D eigenvalue weighted by Gasteiger charge is 2.54. The van der Waals surface area contributed by atoms with Crippen molar-refractivity contribution in [2.75, 3.05) is 4.90 Å². The van der Waals surface area contributed by atoms with E-state index >= 15 is 8.42 Å². The number of sulfone groups is 1. The molecule has 0 fully saturated rings. The van der Waals surface area contributed by atoms with Crippen LogP contribution in [0, 0.1) is 0 Å². The second-order valence-corrected chi connectivity index (χ2v) is 17.0. The fourth-order valence-corrected chi connectivity index (χ4v) is 11.6. The molecule has 0 unspecified atom stereocenters. The third-order valence-corrected chi connectivity index (χ3v) is 13.9. The molecule has 0 amide bonds. The van der Waals surface area contributed by atoms with Crippen LogP contribution in [0.3, 0.4) is 0 Å². The number of benzene rings is 8. The third kappa shape index (κ3) is 4.70. The molecule has 2 aliphatic heterocycles. The fraction of sp³-hybridized carbons (Fsp3) is 0.0192. The number of anilines is 3. The Balaban J connectivity index is 1.21. The Hall–Kier alpha value is -7.68. The van der Waals surface area contributed by atoms with Gasteiger partial charge in [0.25, 0.3) is 0 Å². The van der Waals surface area contributed by atoms with Crippen LogP contribution >= 0.6 is 0 Å². The molecule has 60 heavy (non-hydrogen) atoms. The van der Waals surface area contributed by atoms with E-state index in [1.54, 1.807) is 6.07 Å². The largest absolute Gasteiger partial charge is 0.309 e. The summed E-state index contributed by atoms with van der Waals surface area (Å²) in [6.45, 7) is 0. The zero-order chi connectivity index (χ0) is 40.0. The van der Waals surface area contributed by atoms with Crippen molar-refractivity contribution in [3.8, 4) is 28.5 Å².